The minimum absolute atomic E-state index is 0.0937. The lowest BCUT2D eigenvalue weighted by Gasteiger charge is -2.10. The Morgan fingerprint density at radius 1 is 1.19 bits per heavy atom. The average Bonchev–Trinajstić information content (AvgIpc) is 2.36. The monoisotopic (exact) mass is 295 g/mol. The number of hydrogen-bond donors (Lipinski definition) is 0. The second kappa shape index (κ2) is 5.55. The van der Waals surface area contributed by atoms with E-state index in [1.807, 2.05) is 6.92 Å². The van der Waals surface area contributed by atoms with Crippen molar-refractivity contribution in [2.24, 2.45) is 0 Å². The first-order valence-electron chi connectivity index (χ1n) is 6.10. The van der Waals surface area contributed by atoms with Gasteiger partial charge in [-0.05, 0) is 37.1 Å². The Kier molecular flexibility index (Phi) is 3.97. The summed E-state index contributed by atoms with van der Waals surface area (Å²) < 4.78 is 40.4. The van der Waals surface area contributed by atoms with Gasteiger partial charge in [0.05, 0.1) is 0 Å². The molecule has 1 heterocycles. The van der Waals surface area contributed by atoms with Crippen LogP contribution in [0, 0.1) is 13.8 Å². The number of carbonyl (C=O) groups is 1. The molecule has 6 heteroatoms. The molecule has 0 amide bonds. The second-order valence-electron chi connectivity index (χ2n) is 4.58. The summed E-state index contributed by atoms with van der Waals surface area (Å²) in [6.07, 6.45) is -3.25. The highest BCUT2D eigenvalue weighted by molar-refractivity contribution is 6.08. The predicted molar refractivity (Wildman–Crippen MR) is 70.3 cm³/mol. The molecule has 21 heavy (non-hydrogen) atoms. The Labute approximate surface area is 119 Å². The quantitative estimate of drug-likeness (QED) is 0.808. The Hall–Kier alpha value is -2.37. The molecular formula is C15H12F3NO2. The van der Waals surface area contributed by atoms with Crippen molar-refractivity contribution in [2.45, 2.75) is 20.2 Å². The highest BCUT2D eigenvalue weighted by atomic mass is 19.4. The van der Waals surface area contributed by atoms with Crippen LogP contribution in [-0.2, 0) is 0 Å². The molecule has 0 saturated carbocycles. The summed E-state index contributed by atoms with van der Waals surface area (Å²) in [7, 11) is 0. The molecule has 0 bridgehead atoms. The molecule has 0 aliphatic rings. The fourth-order valence-corrected chi connectivity index (χ4v) is 1.92. The standard InChI is InChI=1S/C15H12F3NO2/c1-9-6-10(2)13(19-8-9)14(20)11-4-3-5-12(7-11)21-15(16,17)18/h3-8H,1-2H3. The number of carbonyl (C=O) groups excluding carboxylic acids is 1. The maximum absolute atomic E-state index is 12.3. The molecule has 2 aromatic rings. The van der Waals surface area contributed by atoms with Crippen molar-refractivity contribution in [1.29, 1.82) is 0 Å². The Balaban J connectivity index is 2.33. The van der Waals surface area contributed by atoms with E-state index in [1.165, 1.54) is 18.3 Å². The van der Waals surface area contributed by atoms with Gasteiger partial charge in [-0.15, -0.1) is 13.2 Å². The smallest absolute Gasteiger partial charge is 0.406 e. The van der Waals surface area contributed by atoms with Gasteiger partial charge in [-0.1, -0.05) is 18.2 Å². The molecule has 2 rings (SSSR count). The largest absolute Gasteiger partial charge is 0.573 e. The van der Waals surface area contributed by atoms with Crippen LogP contribution in [0.4, 0.5) is 13.2 Å². The maximum atomic E-state index is 12.3. The highest BCUT2D eigenvalue weighted by Crippen LogP contribution is 2.24. The van der Waals surface area contributed by atoms with Gasteiger partial charge in [0.15, 0.2) is 0 Å². The van der Waals surface area contributed by atoms with Crippen LogP contribution in [-0.4, -0.2) is 17.1 Å². The first kappa shape index (κ1) is 15.0. The lowest BCUT2D eigenvalue weighted by atomic mass is 10.0. The molecule has 0 saturated heterocycles. The highest BCUT2D eigenvalue weighted by Gasteiger charge is 2.31. The van der Waals surface area contributed by atoms with Crippen molar-refractivity contribution in [3.63, 3.8) is 0 Å². The zero-order valence-electron chi connectivity index (χ0n) is 11.4. The molecule has 1 aromatic heterocycles. The van der Waals surface area contributed by atoms with Crippen molar-refractivity contribution in [3.05, 3.63) is 58.9 Å². The fraction of sp³-hybridized carbons (Fsp3) is 0.200. The zero-order chi connectivity index (χ0) is 15.6. The van der Waals surface area contributed by atoms with E-state index < -0.39 is 17.9 Å². The SMILES string of the molecule is Cc1cnc(C(=O)c2cccc(OC(F)(F)F)c2)c(C)c1. The van der Waals surface area contributed by atoms with E-state index in [0.29, 0.717) is 5.56 Å². The van der Waals surface area contributed by atoms with Crippen LogP contribution in [0.1, 0.15) is 27.2 Å². The molecule has 110 valence electrons. The van der Waals surface area contributed by atoms with E-state index in [-0.39, 0.29) is 11.3 Å². The van der Waals surface area contributed by atoms with E-state index in [1.54, 1.807) is 13.0 Å². The van der Waals surface area contributed by atoms with Crippen molar-refractivity contribution >= 4 is 5.78 Å². The van der Waals surface area contributed by atoms with Crippen LogP contribution in [0.25, 0.3) is 0 Å². The van der Waals surface area contributed by atoms with Gasteiger partial charge in [0.25, 0.3) is 0 Å². The number of ketones is 1. The number of rotatable bonds is 3. The zero-order valence-corrected chi connectivity index (χ0v) is 11.4. The van der Waals surface area contributed by atoms with Gasteiger partial charge in [0.2, 0.25) is 5.78 Å². The van der Waals surface area contributed by atoms with Crippen molar-refractivity contribution in [3.8, 4) is 5.75 Å². The summed E-state index contributed by atoms with van der Waals surface area (Å²) in [5, 5.41) is 0. The van der Waals surface area contributed by atoms with Crippen molar-refractivity contribution in [2.75, 3.05) is 0 Å². The third-order valence-electron chi connectivity index (χ3n) is 2.76. The molecule has 0 N–H and O–H groups in total. The van der Waals surface area contributed by atoms with Crippen LogP contribution >= 0.6 is 0 Å². The third-order valence-corrected chi connectivity index (χ3v) is 2.76. The van der Waals surface area contributed by atoms with Crippen molar-refractivity contribution in [1.82, 2.24) is 4.98 Å². The number of aryl methyl sites for hydroxylation is 2. The fourth-order valence-electron chi connectivity index (χ4n) is 1.92. The number of nitrogens with zero attached hydrogens (tertiary/aromatic N) is 1. The van der Waals surface area contributed by atoms with Gasteiger partial charge in [-0.2, -0.15) is 0 Å². The molecule has 0 spiro atoms. The summed E-state index contributed by atoms with van der Waals surface area (Å²) in [5.74, 6) is -0.877. The average molecular weight is 295 g/mol. The van der Waals surface area contributed by atoms with Gasteiger partial charge in [-0.3, -0.25) is 9.78 Å². The predicted octanol–water partition coefficient (Wildman–Crippen LogP) is 3.83. The van der Waals surface area contributed by atoms with E-state index in [9.17, 15) is 18.0 Å². The van der Waals surface area contributed by atoms with E-state index in [2.05, 4.69) is 9.72 Å². The van der Waals surface area contributed by atoms with Crippen LogP contribution in [0.5, 0.6) is 5.75 Å². The van der Waals surface area contributed by atoms with Crippen molar-refractivity contribution < 1.29 is 22.7 Å². The number of pyridine rings is 1. The first-order valence-corrected chi connectivity index (χ1v) is 6.10. The van der Waals surface area contributed by atoms with Gasteiger partial charge in [-0.25, -0.2) is 0 Å². The molecule has 0 radical (unpaired) electrons. The molecule has 3 nitrogen and oxygen atoms in total. The summed E-state index contributed by atoms with van der Waals surface area (Å²) in [4.78, 5) is 16.3. The van der Waals surface area contributed by atoms with Crippen LogP contribution in [0.2, 0.25) is 0 Å². The minimum atomic E-state index is -4.79. The lowest BCUT2D eigenvalue weighted by molar-refractivity contribution is -0.274. The Bertz CT molecular complexity index is 681. The Morgan fingerprint density at radius 2 is 1.90 bits per heavy atom. The van der Waals surface area contributed by atoms with Gasteiger partial charge >= 0.3 is 6.36 Å². The number of ether oxygens (including phenoxy) is 1. The molecule has 1 aromatic carbocycles. The molecule has 0 unspecified atom stereocenters. The molecule has 0 aliphatic carbocycles. The van der Waals surface area contributed by atoms with Gasteiger partial charge in [0.1, 0.15) is 11.4 Å². The second-order valence-corrected chi connectivity index (χ2v) is 4.58. The summed E-state index contributed by atoms with van der Waals surface area (Å²) in [6, 6.07) is 6.73. The topological polar surface area (TPSA) is 39.2 Å². The van der Waals surface area contributed by atoms with Crippen LogP contribution in [0.3, 0.4) is 0 Å². The maximum Gasteiger partial charge on any atom is 0.573 e. The number of hydrogen-bond acceptors (Lipinski definition) is 3. The third kappa shape index (κ3) is 3.81. The Morgan fingerprint density at radius 3 is 2.52 bits per heavy atom. The van der Waals surface area contributed by atoms with Gasteiger partial charge in [0, 0.05) is 11.8 Å². The summed E-state index contributed by atoms with van der Waals surface area (Å²) in [5.41, 5.74) is 1.88. The van der Waals surface area contributed by atoms with E-state index in [0.717, 1.165) is 17.7 Å². The molecule has 0 aliphatic heterocycles. The molecule has 0 fully saturated rings. The lowest BCUT2D eigenvalue weighted by Crippen LogP contribution is -2.17. The first-order chi connectivity index (χ1) is 9.76. The van der Waals surface area contributed by atoms with Crippen LogP contribution in [0.15, 0.2) is 36.5 Å². The number of aromatic nitrogens is 1. The molecule has 0 atom stereocenters. The van der Waals surface area contributed by atoms with Crippen LogP contribution < -0.4 is 4.74 Å². The summed E-state index contributed by atoms with van der Waals surface area (Å²) >= 11 is 0. The minimum Gasteiger partial charge on any atom is -0.406 e. The van der Waals surface area contributed by atoms with E-state index >= 15 is 0 Å². The normalized spacial score (nSPS) is 11.3. The number of alkyl halides is 3. The van der Waals surface area contributed by atoms with Gasteiger partial charge < -0.3 is 4.74 Å². The number of benzene rings is 1. The van der Waals surface area contributed by atoms with E-state index in [4.69, 9.17) is 0 Å². The summed E-state index contributed by atoms with van der Waals surface area (Å²) in [6.45, 7) is 3.56. The molecular weight excluding hydrogens is 283 g/mol. The number of halogens is 3.